The zero-order valence-corrected chi connectivity index (χ0v) is 12.2. The molecule has 3 nitrogen and oxygen atoms in total. The van der Waals surface area contributed by atoms with Crippen LogP contribution in [0.4, 0.5) is 4.39 Å². The maximum absolute atomic E-state index is 14.3. The Morgan fingerprint density at radius 3 is 2.39 bits per heavy atom. The van der Waals surface area contributed by atoms with Crippen LogP contribution in [0.25, 0.3) is 0 Å². The summed E-state index contributed by atoms with van der Waals surface area (Å²) in [4.78, 5) is 4.71. The lowest BCUT2D eigenvalue weighted by Gasteiger charge is -2.42. The molecule has 4 heteroatoms. The quantitative estimate of drug-likeness (QED) is 0.752. The molecule has 0 saturated carbocycles. The minimum absolute atomic E-state index is 0.0389. The second-order valence-corrected chi connectivity index (χ2v) is 6.66. The van der Waals surface area contributed by atoms with Crippen LogP contribution in [0.3, 0.4) is 0 Å². The summed E-state index contributed by atoms with van der Waals surface area (Å²) >= 11 is 0. The fourth-order valence-electron chi connectivity index (χ4n) is 3.51. The van der Waals surface area contributed by atoms with Gasteiger partial charge in [0.2, 0.25) is 0 Å². The van der Waals surface area contributed by atoms with Gasteiger partial charge in [0.05, 0.1) is 19.3 Å². The van der Waals surface area contributed by atoms with Crippen LogP contribution in [0.15, 0.2) is 0 Å². The first-order valence-electron chi connectivity index (χ1n) is 7.12. The molecule has 0 aromatic heterocycles. The SMILES string of the molecule is C[C@@H]1C[C@@H](F)[C@@H](CN2CCOCC2)N1C(C)(C)C. The molecule has 2 saturated heterocycles. The summed E-state index contributed by atoms with van der Waals surface area (Å²) in [6, 6.07) is 0.379. The van der Waals surface area contributed by atoms with E-state index < -0.39 is 6.17 Å². The number of nitrogens with zero attached hydrogens (tertiary/aromatic N) is 2. The molecule has 2 aliphatic rings. The number of alkyl halides is 1. The Balaban J connectivity index is 2.03. The summed E-state index contributed by atoms with van der Waals surface area (Å²) in [7, 11) is 0. The Hall–Kier alpha value is -0.190. The van der Waals surface area contributed by atoms with Gasteiger partial charge in [-0.1, -0.05) is 0 Å². The lowest BCUT2D eigenvalue weighted by Crippen LogP contribution is -2.54. The van der Waals surface area contributed by atoms with E-state index in [4.69, 9.17) is 4.74 Å². The van der Waals surface area contributed by atoms with Crippen molar-refractivity contribution in [2.45, 2.75) is 57.9 Å². The normalized spacial score (nSPS) is 36.2. The van der Waals surface area contributed by atoms with Crippen molar-refractivity contribution in [2.24, 2.45) is 0 Å². The van der Waals surface area contributed by atoms with Crippen LogP contribution >= 0.6 is 0 Å². The predicted octanol–water partition coefficient (Wildman–Crippen LogP) is 1.92. The van der Waals surface area contributed by atoms with E-state index >= 15 is 0 Å². The standard InChI is InChI=1S/C14H27FN2O/c1-11-9-12(15)13(17(11)14(2,3)4)10-16-5-7-18-8-6-16/h11-13H,5-10H2,1-4H3/t11-,12-,13-/m1/s1. The smallest absolute Gasteiger partial charge is 0.118 e. The van der Waals surface area contributed by atoms with Gasteiger partial charge in [-0.15, -0.1) is 0 Å². The van der Waals surface area contributed by atoms with Crippen molar-refractivity contribution in [2.75, 3.05) is 32.8 Å². The molecule has 0 aromatic rings. The predicted molar refractivity (Wildman–Crippen MR) is 71.6 cm³/mol. The average molecular weight is 258 g/mol. The number of hydrogen-bond acceptors (Lipinski definition) is 3. The molecule has 0 spiro atoms. The largest absolute Gasteiger partial charge is 0.379 e. The van der Waals surface area contributed by atoms with Crippen LogP contribution in [0.2, 0.25) is 0 Å². The molecule has 0 amide bonds. The molecule has 0 N–H and O–H groups in total. The van der Waals surface area contributed by atoms with Crippen LogP contribution in [-0.4, -0.2) is 66.4 Å². The molecule has 0 aliphatic carbocycles. The Morgan fingerprint density at radius 2 is 1.83 bits per heavy atom. The summed E-state index contributed by atoms with van der Waals surface area (Å²) in [5.41, 5.74) is 0.0389. The monoisotopic (exact) mass is 258 g/mol. The highest BCUT2D eigenvalue weighted by Gasteiger charge is 2.44. The van der Waals surface area contributed by atoms with Crippen LogP contribution < -0.4 is 0 Å². The van der Waals surface area contributed by atoms with Gasteiger partial charge in [-0.05, 0) is 34.1 Å². The van der Waals surface area contributed by atoms with Crippen molar-refractivity contribution in [3.63, 3.8) is 0 Å². The molecule has 18 heavy (non-hydrogen) atoms. The molecular weight excluding hydrogens is 231 g/mol. The number of rotatable bonds is 2. The van der Waals surface area contributed by atoms with E-state index in [1.807, 2.05) is 0 Å². The lowest BCUT2D eigenvalue weighted by atomic mass is 10.0. The van der Waals surface area contributed by atoms with Gasteiger partial charge in [-0.2, -0.15) is 0 Å². The number of ether oxygens (including phenoxy) is 1. The number of hydrogen-bond donors (Lipinski definition) is 0. The zero-order valence-electron chi connectivity index (χ0n) is 12.2. The van der Waals surface area contributed by atoms with Gasteiger partial charge in [0.15, 0.2) is 0 Å². The number of likely N-dealkylation sites (tertiary alicyclic amines) is 1. The molecule has 106 valence electrons. The Labute approximate surface area is 110 Å². The van der Waals surface area contributed by atoms with E-state index in [2.05, 4.69) is 37.5 Å². The van der Waals surface area contributed by atoms with Crippen LogP contribution in [0.1, 0.15) is 34.1 Å². The van der Waals surface area contributed by atoms with Crippen molar-refractivity contribution in [3.05, 3.63) is 0 Å². The van der Waals surface area contributed by atoms with Gasteiger partial charge >= 0.3 is 0 Å². The van der Waals surface area contributed by atoms with Gasteiger partial charge < -0.3 is 4.74 Å². The minimum atomic E-state index is -0.693. The first-order valence-corrected chi connectivity index (χ1v) is 7.12. The highest BCUT2D eigenvalue weighted by molar-refractivity contribution is 4.99. The zero-order chi connectivity index (χ0) is 13.3. The first-order chi connectivity index (χ1) is 8.39. The van der Waals surface area contributed by atoms with E-state index in [1.165, 1.54) is 0 Å². The lowest BCUT2D eigenvalue weighted by molar-refractivity contribution is 0.00161. The van der Waals surface area contributed by atoms with Crippen LogP contribution in [-0.2, 0) is 4.74 Å². The molecule has 2 aliphatic heterocycles. The Bertz CT molecular complexity index is 273. The number of halogens is 1. The number of morpholine rings is 1. The van der Waals surface area contributed by atoms with E-state index in [1.54, 1.807) is 0 Å². The van der Waals surface area contributed by atoms with E-state index in [-0.39, 0.29) is 11.6 Å². The van der Waals surface area contributed by atoms with Gasteiger partial charge in [0.1, 0.15) is 6.17 Å². The summed E-state index contributed by atoms with van der Waals surface area (Å²) in [5, 5.41) is 0. The maximum Gasteiger partial charge on any atom is 0.118 e. The van der Waals surface area contributed by atoms with E-state index in [0.717, 1.165) is 32.8 Å². The van der Waals surface area contributed by atoms with Crippen LogP contribution in [0, 0.1) is 0 Å². The van der Waals surface area contributed by atoms with Gasteiger partial charge in [0, 0.05) is 31.2 Å². The van der Waals surface area contributed by atoms with Gasteiger partial charge in [-0.25, -0.2) is 4.39 Å². The van der Waals surface area contributed by atoms with Crippen molar-refractivity contribution < 1.29 is 9.13 Å². The second-order valence-electron chi connectivity index (χ2n) is 6.66. The summed E-state index contributed by atoms with van der Waals surface area (Å²) in [5.74, 6) is 0. The molecule has 0 aromatic carbocycles. The third-order valence-corrected chi connectivity index (χ3v) is 4.14. The Kier molecular flexibility index (Phi) is 4.29. The molecule has 0 unspecified atom stereocenters. The molecule has 0 bridgehead atoms. The Morgan fingerprint density at radius 1 is 1.22 bits per heavy atom. The third-order valence-electron chi connectivity index (χ3n) is 4.14. The topological polar surface area (TPSA) is 15.7 Å². The maximum atomic E-state index is 14.3. The molecule has 0 radical (unpaired) electrons. The summed E-state index contributed by atoms with van der Waals surface area (Å²) in [6.07, 6.45) is -0.0196. The van der Waals surface area contributed by atoms with Crippen LogP contribution in [0.5, 0.6) is 0 Å². The van der Waals surface area contributed by atoms with Gasteiger partial charge in [-0.3, -0.25) is 9.80 Å². The molecule has 2 heterocycles. The van der Waals surface area contributed by atoms with E-state index in [0.29, 0.717) is 12.5 Å². The van der Waals surface area contributed by atoms with E-state index in [9.17, 15) is 4.39 Å². The highest BCUT2D eigenvalue weighted by Crippen LogP contribution is 2.34. The molecule has 2 fully saturated rings. The second kappa shape index (κ2) is 5.43. The molecule has 3 atom stereocenters. The fourth-order valence-corrected chi connectivity index (χ4v) is 3.51. The van der Waals surface area contributed by atoms with Crippen molar-refractivity contribution in [1.29, 1.82) is 0 Å². The van der Waals surface area contributed by atoms with Crippen molar-refractivity contribution in [1.82, 2.24) is 9.80 Å². The third kappa shape index (κ3) is 3.03. The molecular formula is C14H27FN2O. The fraction of sp³-hybridized carbons (Fsp3) is 1.00. The first kappa shape index (κ1) is 14.2. The van der Waals surface area contributed by atoms with Crippen molar-refractivity contribution >= 4 is 0 Å². The summed E-state index contributed by atoms with van der Waals surface area (Å²) in [6.45, 7) is 13.0. The highest BCUT2D eigenvalue weighted by atomic mass is 19.1. The molecule has 2 rings (SSSR count). The van der Waals surface area contributed by atoms with Crippen molar-refractivity contribution in [3.8, 4) is 0 Å². The summed E-state index contributed by atoms with van der Waals surface area (Å²) < 4.78 is 19.6. The van der Waals surface area contributed by atoms with Gasteiger partial charge in [0.25, 0.3) is 0 Å². The minimum Gasteiger partial charge on any atom is -0.379 e. The average Bonchev–Trinajstić information content (AvgIpc) is 2.54.